The van der Waals surface area contributed by atoms with Gasteiger partial charge >= 0.3 is 0 Å². The molecule has 0 aliphatic rings. The topological polar surface area (TPSA) is 49.8 Å². The number of nitrogen functional groups attached to an aromatic ring is 1. The molecular weight excluding hydrogens is 228 g/mol. The Hall–Kier alpha value is -1.92. The third-order valence-electron chi connectivity index (χ3n) is 2.46. The summed E-state index contributed by atoms with van der Waals surface area (Å²) in [7, 11) is 0. The van der Waals surface area contributed by atoms with Gasteiger partial charge in [-0.3, -0.25) is 0 Å². The molecule has 2 aromatic carbocycles. The minimum atomic E-state index is 0.693. The second kappa shape index (κ2) is 4.94. The van der Waals surface area contributed by atoms with E-state index in [4.69, 9.17) is 11.0 Å². The molecule has 0 aliphatic carbocycles. The highest BCUT2D eigenvalue weighted by atomic mass is 32.2. The molecule has 0 spiro atoms. The molecule has 2 nitrogen and oxygen atoms in total. The highest BCUT2D eigenvalue weighted by Gasteiger charge is 2.08. The standard InChI is InChI=1S/C14H12N2S/c1-10-5-4-6-11(9-15)14(10)17-13-8-3-2-7-12(13)16/h2-8H,16H2,1H3. The number of hydrogen-bond donors (Lipinski definition) is 1. The predicted molar refractivity (Wildman–Crippen MR) is 70.9 cm³/mol. The zero-order valence-corrected chi connectivity index (χ0v) is 10.3. The first-order valence-corrected chi connectivity index (χ1v) is 6.06. The Morgan fingerprint density at radius 1 is 1.12 bits per heavy atom. The molecule has 17 heavy (non-hydrogen) atoms. The molecule has 0 bridgehead atoms. The summed E-state index contributed by atoms with van der Waals surface area (Å²) in [6.45, 7) is 2.00. The Balaban J connectivity index is 2.44. The number of hydrogen-bond acceptors (Lipinski definition) is 3. The van der Waals surface area contributed by atoms with Gasteiger partial charge in [0.2, 0.25) is 0 Å². The second-order valence-electron chi connectivity index (χ2n) is 3.70. The van der Waals surface area contributed by atoms with Crippen molar-refractivity contribution in [3.8, 4) is 6.07 Å². The van der Waals surface area contributed by atoms with E-state index < -0.39 is 0 Å². The molecule has 2 aromatic rings. The fourth-order valence-corrected chi connectivity index (χ4v) is 2.56. The number of aryl methyl sites for hydroxylation is 1. The Bertz CT molecular complexity index is 585. The van der Waals surface area contributed by atoms with Crippen molar-refractivity contribution in [2.75, 3.05) is 5.73 Å². The van der Waals surface area contributed by atoms with Crippen LogP contribution in [0.25, 0.3) is 0 Å². The molecule has 0 heterocycles. The van der Waals surface area contributed by atoms with E-state index in [9.17, 15) is 0 Å². The van der Waals surface area contributed by atoms with Gasteiger partial charge in [-0.15, -0.1) is 0 Å². The molecule has 84 valence electrons. The van der Waals surface area contributed by atoms with Crippen LogP contribution in [0.5, 0.6) is 0 Å². The molecule has 2 rings (SSSR count). The first-order valence-electron chi connectivity index (χ1n) is 5.24. The largest absolute Gasteiger partial charge is 0.398 e. The number of nitrogens with two attached hydrogens (primary N) is 1. The molecule has 2 N–H and O–H groups in total. The SMILES string of the molecule is Cc1cccc(C#N)c1Sc1ccccc1N. The molecule has 0 aromatic heterocycles. The van der Waals surface area contributed by atoms with Gasteiger partial charge in [0.15, 0.2) is 0 Å². The Morgan fingerprint density at radius 2 is 1.88 bits per heavy atom. The van der Waals surface area contributed by atoms with Crippen molar-refractivity contribution in [3.05, 3.63) is 53.6 Å². The number of benzene rings is 2. The summed E-state index contributed by atoms with van der Waals surface area (Å²) in [6, 6.07) is 15.6. The van der Waals surface area contributed by atoms with Gasteiger partial charge in [0.25, 0.3) is 0 Å². The smallest absolute Gasteiger partial charge is 0.100 e. The maximum absolute atomic E-state index is 9.10. The third kappa shape index (κ3) is 2.43. The zero-order chi connectivity index (χ0) is 12.3. The maximum Gasteiger partial charge on any atom is 0.100 e. The third-order valence-corrected chi connectivity index (χ3v) is 3.80. The lowest BCUT2D eigenvalue weighted by Gasteiger charge is -2.09. The summed E-state index contributed by atoms with van der Waals surface area (Å²) in [4.78, 5) is 1.96. The molecular formula is C14H12N2S. The van der Waals surface area contributed by atoms with Crippen LogP contribution in [0.3, 0.4) is 0 Å². The lowest BCUT2D eigenvalue weighted by atomic mass is 10.1. The van der Waals surface area contributed by atoms with Gasteiger partial charge in [-0.2, -0.15) is 5.26 Å². The summed E-state index contributed by atoms with van der Waals surface area (Å²) in [5, 5.41) is 9.10. The van der Waals surface area contributed by atoms with Crippen LogP contribution in [0.2, 0.25) is 0 Å². The Kier molecular flexibility index (Phi) is 3.36. The van der Waals surface area contributed by atoms with Crippen molar-refractivity contribution < 1.29 is 0 Å². The van der Waals surface area contributed by atoms with Crippen LogP contribution in [0.4, 0.5) is 5.69 Å². The molecule has 0 radical (unpaired) electrons. The number of para-hydroxylation sites is 1. The molecule has 0 saturated heterocycles. The minimum Gasteiger partial charge on any atom is -0.398 e. The summed E-state index contributed by atoms with van der Waals surface area (Å²) in [5.74, 6) is 0. The summed E-state index contributed by atoms with van der Waals surface area (Å²) in [5.41, 5.74) is 8.43. The molecule has 3 heteroatoms. The molecule has 0 amide bonds. The fourth-order valence-electron chi connectivity index (χ4n) is 1.56. The molecule has 0 unspecified atom stereocenters. The van der Waals surface area contributed by atoms with Gasteiger partial charge in [0.05, 0.1) is 5.56 Å². The summed E-state index contributed by atoms with van der Waals surface area (Å²) >= 11 is 1.54. The van der Waals surface area contributed by atoms with Gasteiger partial charge in [-0.05, 0) is 30.7 Å². The van der Waals surface area contributed by atoms with E-state index >= 15 is 0 Å². The fraction of sp³-hybridized carbons (Fsp3) is 0.0714. The highest BCUT2D eigenvalue weighted by Crippen LogP contribution is 2.35. The summed E-state index contributed by atoms with van der Waals surface area (Å²) < 4.78 is 0. The average molecular weight is 240 g/mol. The van der Waals surface area contributed by atoms with Crippen molar-refractivity contribution in [1.29, 1.82) is 5.26 Å². The molecule has 0 fully saturated rings. The first kappa shape index (κ1) is 11.6. The van der Waals surface area contributed by atoms with E-state index in [1.807, 2.05) is 49.4 Å². The first-order chi connectivity index (χ1) is 8.22. The predicted octanol–water partition coefficient (Wildman–Crippen LogP) is 3.60. The van der Waals surface area contributed by atoms with Crippen LogP contribution in [0.1, 0.15) is 11.1 Å². The van der Waals surface area contributed by atoms with Gasteiger partial charge < -0.3 is 5.73 Å². The lowest BCUT2D eigenvalue weighted by molar-refractivity contribution is 1.26. The highest BCUT2D eigenvalue weighted by molar-refractivity contribution is 7.99. The van der Waals surface area contributed by atoms with Crippen molar-refractivity contribution >= 4 is 17.4 Å². The quantitative estimate of drug-likeness (QED) is 0.816. The number of rotatable bonds is 2. The van der Waals surface area contributed by atoms with Crippen molar-refractivity contribution in [1.82, 2.24) is 0 Å². The van der Waals surface area contributed by atoms with E-state index in [0.717, 1.165) is 21.0 Å². The Morgan fingerprint density at radius 3 is 2.59 bits per heavy atom. The number of nitrogens with zero attached hydrogens (tertiary/aromatic N) is 1. The van der Waals surface area contributed by atoms with Crippen molar-refractivity contribution in [2.45, 2.75) is 16.7 Å². The molecule has 0 atom stereocenters. The number of anilines is 1. The van der Waals surface area contributed by atoms with E-state index in [2.05, 4.69) is 6.07 Å². The van der Waals surface area contributed by atoms with Crippen LogP contribution in [0, 0.1) is 18.3 Å². The maximum atomic E-state index is 9.10. The van der Waals surface area contributed by atoms with Crippen molar-refractivity contribution in [2.24, 2.45) is 0 Å². The number of nitriles is 1. The normalized spacial score (nSPS) is 9.88. The van der Waals surface area contributed by atoms with E-state index in [-0.39, 0.29) is 0 Å². The zero-order valence-electron chi connectivity index (χ0n) is 9.47. The van der Waals surface area contributed by atoms with Crippen LogP contribution in [0.15, 0.2) is 52.3 Å². The van der Waals surface area contributed by atoms with E-state index in [1.165, 1.54) is 0 Å². The van der Waals surface area contributed by atoms with Crippen LogP contribution < -0.4 is 5.73 Å². The van der Waals surface area contributed by atoms with Crippen LogP contribution in [-0.4, -0.2) is 0 Å². The van der Waals surface area contributed by atoms with Crippen LogP contribution in [-0.2, 0) is 0 Å². The van der Waals surface area contributed by atoms with Gasteiger partial charge in [0.1, 0.15) is 6.07 Å². The van der Waals surface area contributed by atoms with Crippen LogP contribution >= 0.6 is 11.8 Å². The summed E-state index contributed by atoms with van der Waals surface area (Å²) in [6.07, 6.45) is 0. The lowest BCUT2D eigenvalue weighted by Crippen LogP contribution is -1.90. The monoisotopic (exact) mass is 240 g/mol. The molecule has 0 saturated carbocycles. The second-order valence-corrected chi connectivity index (χ2v) is 4.76. The van der Waals surface area contributed by atoms with E-state index in [0.29, 0.717) is 5.56 Å². The van der Waals surface area contributed by atoms with E-state index in [1.54, 1.807) is 11.8 Å². The molecule has 0 aliphatic heterocycles. The van der Waals surface area contributed by atoms with Gasteiger partial charge in [0, 0.05) is 15.5 Å². The van der Waals surface area contributed by atoms with Gasteiger partial charge in [-0.25, -0.2) is 0 Å². The Labute approximate surface area is 105 Å². The van der Waals surface area contributed by atoms with Gasteiger partial charge in [-0.1, -0.05) is 36.0 Å². The van der Waals surface area contributed by atoms with Crippen molar-refractivity contribution in [3.63, 3.8) is 0 Å². The minimum absolute atomic E-state index is 0.693. The average Bonchev–Trinajstić information content (AvgIpc) is 2.34.